The molecule has 0 spiro atoms. The number of benzene rings is 1. The van der Waals surface area contributed by atoms with Gasteiger partial charge in [-0.3, -0.25) is 19.3 Å². The molecular weight excluding hydrogens is 479 g/mol. The van der Waals surface area contributed by atoms with Gasteiger partial charge in [0.1, 0.15) is 11.9 Å². The maximum atomic E-state index is 13.1. The zero-order chi connectivity index (χ0) is 24.1. The molecule has 2 aromatic rings. The predicted octanol–water partition coefficient (Wildman–Crippen LogP) is 1.87. The Balaban J connectivity index is 1.33. The fourth-order valence-electron chi connectivity index (χ4n) is 4.19. The highest BCUT2D eigenvalue weighted by molar-refractivity contribution is 6.35. The molecule has 2 saturated heterocycles. The van der Waals surface area contributed by atoms with Crippen molar-refractivity contribution in [2.24, 2.45) is 0 Å². The van der Waals surface area contributed by atoms with E-state index < -0.39 is 11.9 Å². The number of carbonyl (C=O) groups excluding carboxylic acids is 3. The predicted molar refractivity (Wildman–Crippen MR) is 131 cm³/mol. The van der Waals surface area contributed by atoms with Crippen LogP contribution >= 0.6 is 23.2 Å². The van der Waals surface area contributed by atoms with Crippen molar-refractivity contribution in [2.45, 2.75) is 12.5 Å². The third-order valence-electron chi connectivity index (χ3n) is 5.88. The lowest BCUT2D eigenvalue weighted by Gasteiger charge is -2.38. The standard InChI is InChI=1S/C23H26Cl2N6O3/c24-16-11-17(25)13-18(12-16)28-21(32)14-19-23(34)27-5-6-31(19)22(33)15-29-7-9-30(10-8-29)20-3-1-2-4-26-20/h1-4,11-13,19H,5-10,14-15H2,(H,27,34)(H,28,32)/t19-/m0/s1. The minimum Gasteiger partial charge on any atom is -0.354 e. The molecular formula is C23H26Cl2N6O3. The lowest BCUT2D eigenvalue weighted by molar-refractivity contribution is -0.145. The van der Waals surface area contributed by atoms with Crippen molar-refractivity contribution < 1.29 is 14.4 Å². The van der Waals surface area contributed by atoms with Gasteiger partial charge in [0.25, 0.3) is 0 Å². The zero-order valence-electron chi connectivity index (χ0n) is 18.5. The van der Waals surface area contributed by atoms with E-state index in [1.165, 1.54) is 4.90 Å². The second-order valence-corrected chi connectivity index (χ2v) is 9.13. The van der Waals surface area contributed by atoms with Crippen LogP contribution in [0.25, 0.3) is 0 Å². The van der Waals surface area contributed by atoms with E-state index in [0.29, 0.717) is 41.9 Å². The molecule has 2 N–H and O–H groups in total. The minimum absolute atomic E-state index is 0.158. The zero-order valence-corrected chi connectivity index (χ0v) is 20.1. The number of halogens is 2. The Labute approximate surface area is 208 Å². The number of carbonyl (C=O) groups is 3. The molecule has 3 amide bonds. The van der Waals surface area contributed by atoms with Crippen LogP contribution in [0.5, 0.6) is 0 Å². The number of anilines is 2. The van der Waals surface area contributed by atoms with E-state index in [0.717, 1.165) is 18.9 Å². The van der Waals surface area contributed by atoms with Crippen molar-refractivity contribution in [3.05, 3.63) is 52.6 Å². The fourth-order valence-corrected chi connectivity index (χ4v) is 4.71. The number of hydrogen-bond donors (Lipinski definition) is 2. The van der Waals surface area contributed by atoms with Gasteiger partial charge in [-0.05, 0) is 30.3 Å². The van der Waals surface area contributed by atoms with Gasteiger partial charge in [-0.1, -0.05) is 29.3 Å². The maximum Gasteiger partial charge on any atom is 0.243 e. The molecule has 2 aliphatic heterocycles. The monoisotopic (exact) mass is 504 g/mol. The van der Waals surface area contributed by atoms with E-state index in [1.807, 2.05) is 18.2 Å². The van der Waals surface area contributed by atoms with Crippen LogP contribution in [0.4, 0.5) is 11.5 Å². The lowest BCUT2D eigenvalue weighted by atomic mass is 10.1. The first-order chi connectivity index (χ1) is 16.4. The van der Waals surface area contributed by atoms with Gasteiger partial charge in [0.2, 0.25) is 17.7 Å². The van der Waals surface area contributed by atoms with Crippen LogP contribution in [-0.4, -0.2) is 84.4 Å². The van der Waals surface area contributed by atoms with Gasteiger partial charge >= 0.3 is 0 Å². The Bertz CT molecular complexity index is 1030. The van der Waals surface area contributed by atoms with E-state index in [4.69, 9.17) is 23.2 Å². The van der Waals surface area contributed by atoms with Crippen LogP contribution in [-0.2, 0) is 14.4 Å². The summed E-state index contributed by atoms with van der Waals surface area (Å²) in [7, 11) is 0. The molecule has 0 bridgehead atoms. The number of pyridine rings is 1. The SMILES string of the molecule is O=C(C[C@H]1C(=O)NCCN1C(=O)CN1CCN(c2ccccn2)CC1)Nc1cc(Cl)cc(Cl)c1. The molecule has 9 nitrogen and oxygen atoms in total. The maximum absolute atomic E-state index is 13.1. The van der Waals surface area contributed by atoms with Crippen molar-refractivity contribution in [3.8, 4) is 0 Å². The van der Waals surface area contributed by atoms with E-state index >= 15 is 0 Å². The molecule has 4 rings (SSSR count). The van der Waals surface area contributed by atoms with Crippen LogP contribution < -0.4 is 15.5 Å². The molecule has 1 aromatic heterocycles. The van der Waals surface area contributed by atoms with E-state index in [-0.39, 0.29) is 24.8 Å². The third kappa shape index (κ3) is 6.16. The van der Waals surface area contributed by atoms with Gasteiger partial charge in [0.15, 0.2) is 0 Å². The molecule has 2 aliphatic rings. The van der Waals surface area contributed by atoms with Crippen molar-refractivity contribution >= 4 is 52.4 Å². The molecule has 34 heavy (non-hydrogen) atoms. The summed E-state index contributed by atoms with van der Waals surface area (Å²) in [5, 5.41) is 6.23. The Morgan fingerprint density at radius 2 is 1.79 bits per heavy atom. The molecule has 0 unspecified atom stereocenters. The topological polar surface area (TPSA) is 97.9 Å². The first kappa shape index (κ1) is 24.3. The Hall–Kier alpha value is -2.88. The molecule has 2 fully saturated rings. The summed E-state index contributed by atoms with van der Waals surface area (Å²) in [6.07, 6.45) is 1.61. The molecule has 180 valence electrons. The summed E-state index contributed by atoms with van der Waals surface area (Å²) in [4.78, 5) is 48.4. The van der Waals surface area contributed by atoms with Crippen molar-refractivity contribution in [2.75, 3.05) is 56.0 Å². The van der Waals surface area contributed by atoms with Crippen LogP contribution in [0.3, 0.4) is 0 Å². The van der Waals surface area contributed by atoms with E-state index in [9.17, 15) is 14.4 Å². The summed E-state index contributed by atoms with van der Waals surface area (Å²) in [5.41, 5.74) is 0.433. The largest absolute Gasteiger partial charge is 0.354 e. The second-order valence-electron chi connectivity index (χ2n) is 8.26. The van der Waals surface area contributed by atoms with E-state index in [2.05, 4.69) is 25.4 Å². The third-order valence-corrected chi connectivity index (χ3v) is 6.32. The molecule has 3 heterocycles. The van der Waals surface area contributed by atoms with Gasteiger partial charge in [-0.25, -0.2) is 4.98 Å². The molecule has 1 atom stereocenters. The first-order valence-electron chi connectivity index (χ1n) is 11.1. The molecule has 0 radical (unpaired) electrons. The van der Waals surface area contributed by atoms with Crippen molar-refractivity contribution in [3.63, 3.8) is 0 Å². The first-order valence-corrected chi connectivity index (χ1v) is 11.9. The number of aromatic nitrogens is 1. The van der Waals surface area contributed by atoms with Crippen molar-refractivity contribution in [1.82, 2.24) is 20.1 Å². The highest BCUT2D eigenvalue weighted by atomic mass is 35.5. The highest BCUT2D eigenvalue weighted by Gasteiger charge is 2.35. The lowest BCUT2D eigenvalue weighted by Crippen LogP contribution is -2.60. The van der Waals surface area contributed by atoms with Crippen LogP contribution in [0.1, 0.15) is 6.42 Å². The quantitative estimate of drug-likeness (QED) is 0.623. The van der Waals surface area contributed by atoms with Crippen LogP contribution in [0.2, 0.25) is 10.0 Å². The van der Waals surface area contributed by atoms with Crippen LogP contribution in [0, 0.1) is 0 Å². The van der Waals surface area contributed by atoms with Gasteiger partial charge in [0, 0.05) is 61.2 Å². The molecule has 0 saturated carbocycles. The minimum atomic E-state index is -0.870. The summed E-state index contributed by atoms with van der Waals surface area (Å²) in [5.74, 6) is 0.0268. The van der Waals surface area contributed by atoms with Gasteiger partial charge in [0.05, 0.1) is 13.0 Å². The molecule has 1 aromatic carbocycles. The molecule has 11 heteroatoms. The number of hydrogen-bond acceptors (Lipinski definition) is 6. The smallest absolute Gasteiger partial charge is 0.243 e. The second kappa shape index (κ2) is 11.0. The van der Waals surface area contributed by atoms with Crippen LogP contribution in [0.15, 0.2) is 42.6 Å². The number of rotatable bonds is 6. The molecule has 0 aliphatic carbocycles. The number of nitrogens with zero attached hydrogens (tertiary/aromatic N) is 4. The Morgan fingerprint density at radius 1 is 1.06 bits per heavy atom. The van der Waals surface area contributed by atoms with Crippen molar-refractivity contribution in [1.29, 1.82) is 0 Å². The fraction of sp³-hybridized carbons (Fsp3) is 0.391. The average molecular weight is 505 g/mol. The summed E-state index contributed by atoms with van der Waals surface area (Å²) < 4.78 is 0. The van der Waals surface area contributed by atoms with E-state index in [1.54, 1.807) is 24.4 Å². The highest BCUT2D eigenvalue weighted by Crippen LogP contribution is 2.23. The summed E-state index contributed by atoms with van der Waals surface area (Å²) in [6, 6.07) is 9.64. The van der Waals surface area contributed by atoms with Gasteiger partial charge < -0.3 is 20.4 Å². The number of piperazine rings is 2. The van der Waals surface area contributed by atoms with Gasteiger partial charge in [-0.2, -0.15) is 0 Å². The number of nitrogens with one attached hydrogen (secondary N) is 2. The normalized spacial score (nSPS) is 19.0. The Kier molecular flexibility index (Phi) is 7.87. The average Bonchev–Trinajstić information content (AvgIpc) is 2.80. The van der Waals surface area contributed by atoms with Gasteiger partial charge in [-0.15, -0.1) is 0 Å². The summed E-state index contributed by atoms with van der Waals surface area (Å²) in [6.45, 7) is 3.87. The summed E-state index contributed by atoms with van der Waals surface area (Å²) >= 11 is 12.0. The Morgan fingerprint density at radius 3 is 2.47 bits per heavy atom. The number of amides is 3.